The van der Waals surface area contributed by atoms with Crippen LogP contribution in [0.1, 0.15) is 11.5 Å². The summed E-state index contributed by atoms with van der Waals surface area (Å²) in [5.41, 5.74) is 2.04. The van der Waals surface area contributed by atoms with Gasteiger partial charge >= 0.3 is 5.97 Å². The van der Waals surface area contributed by atoms with Crippen LogP contribution in [0.2, 0.25) is 25.7 Å². The predicted octanol–water partition coefficient (Wildman–Crippen LogP) is 3.49. The van der Waals surface area contributed by atoms with Crippen molar-refractivity contribution in [3.05, 3.63) is 36.4 Å². The second kappa shape index (κ2) is 7.31. The van der Waals surface area contributed by atoms with Crippen LogP contribution in [0.4, 0.5) is 0 Å². The van der Waals surface area contributed by atoms with Gasteiger partial charge in [-0.2, -0.15) is 4.98 Å². The number of carboxylic acids is 1. The predicted molar refractivity (Wildman–Crippen MR) is 114 cm³/mol. The van der Waals surface area contributed by atoms with Crippen LogP contribution < -0.4 is 9.47 Å². The number of aliphatic carboxylic acids is 1. The molecule has 1 saturated carbocycles. The number of rotatable bonds is 8. The molecule has 1 aliphatic heterocycles. The highest BCUT2D eigenvalue weighted by Crippen LogP contribution is 2.59. The minimum atomic E-state index is -1.14. The molecule has 5 rings (SSSR count). The Kier molecular flexibility index (Phi) is 4.70. The van der Waals surface area contributed by atoms with E-state index in [-0.39, 0.29) is 12.0 Å². The fraction of sp³-hybridized carbons (Fsp3) is 0.429. The van der Waals surface area contributed by atoms with Crippen LogP contribution in [-0.4, -0.2) is 51.4 Å². The average molecular weight is 441 g/mol. The first-order chi connectivity index (χ1) is 14.8. The number of carboxylic acid groups (broad SMARTS) is 1. The van der Waals surface area contributed by atoms with Crippen molar-refractivity contribution in [2.24, 2.45) is 5.92 Å². The summed E-state index contributed by atoms with van der Waals surface area (Å²) in [6.45, 7) is 8.02. The van der Waals surface area contributed by atoms with E-state index in [1.807, 2.05) is 10.6 Å². The number of aromatic nitrogens is 4. The van der Waals surface area contributed by atoms with Gasteiger partial charge in [-0.3, -0.25) is 9.36 Å². The first-order valence-electron chi connectivity index (χ1n) is 10.3. The SMILES string of the molecule is C[Si](C)(C)CCOCn1cnc2c(Oc3ccc4c(c3)[C@@H]3[C@H](O4)[C@H]3C(=O)O)ncnc21. The maximum Gasteiger partial charge on any atom is 0.311 e. The molecule has 0 unspecified atom stereocenters. The number of carbonyl (C=O) groups is 1. The van der Waals surface area contributed by atoms with Crippen LogP contribution in [0.25, 0.3) is 11.2 Å². The van der Waals surface area contributed by atoms with E-state index in [0.29, 0.717) is 41.9 Å². The molecule has 3 aromatic rings. The van der Waals surface area contributed by atoms with Crippen LogP contribution in [0.3, 0.4) is 0 Å². The fourth-order valence-electron chi connectivity index (χ4n) is 3.88. The van der Waals surface area contributed by atoms with Gasteiger partial charge in [0.15, 0.2) is 11.2 Å². The molecule has 0 spiro atoms. The number of fused-ring (bicyclic) bond motifs is 4. The topological polar surface area (TPSA) is 109 Å². The van der Waals surface area contributed by atoms with Crippen molar-refractivity contribution < 1.29 is 24.1 Å². The Labute approximate surface area is 180 Å². The molecular formula is C21H24N4O5Si. The third-order valence-corrected chi connectivity index (χ3v) is 7.36. The van der Waals surface area contributed by atoms with Crippen LogP contribution >= 0.6 is 0 Å². The number of hydrogen-bond donors (Lipinski definition) is 1. The quantitative estimate of drug-likeness (QED) is 0.419. The third kappa shape index (κ3) is 3.76. The Morgan fingerprint density at radius 2 is 2.10 bits per heavy atom. The lowest BCUT2D eigenvalue weighted by Gasteiger charge is -2.15. The molecule has 1 N–H and O–H groups in total. The van der Waals surface area contributed by atoms with Crippen LogP contribution in [-0.2, 0) is 16.3 Å². The molecule has 3 heterocycles. The van der Waals surface area contributed by atoms with Gasteiger partial charge in [-0.1, -0.05) is 19.6 Å². The fourth-order valence-corrected chi connectivity index (χ4v) is 4.64. The van der Waals surface area contributed by atoms with Gasteiger partial charge < -0.3 is 19.3 Å². The Balaban J connectivity index is 1.32. The molecule has 2 aliphatic rings. The smallest absolute Gasteiger partial charge is 0.311 e. The summed E-state index contributed by atoms with van der Waals surface area (Å²) < 4.78 is 19.4. The molecule has 1 fully saturated rings. The number of hydrogen-bond acceptors (Lipinski definition) is 7. The minimum absolute atomic E-state index is 0.117. The molecule has 1 aromatic carbocycles. The standard InChI is InChI=1S/C21H24N4O5Si/c1-31(2,3)7-6-28-11-25-10-24-17-19(25)22-9-23-20(17)29-12-4-5-14-13(8-12)15-16(21(26)27)18(15)30-14/h4-5,8-10,15-16,18H,6-7,11H2,1-3H3,(H,26,27)/t15-,16-,18-/m0/s1. The van der Waals surface area contributed by atoms with E-state index in [4.69, 9.17) is 14.2 Å². The molecule has 3 atom stereocenters. The Bertz CT molecular complexity index is 1160. The van der Waals surface area contributed by atoms with Crippen LogP contribution in [0.5, 0.6) is 17.4 Å². The van der Waals surface area contributed by atoms with Gasteiger partial charge in [-0.15, -0.1) is 0 Å². The van der Waals surface area contributed by atoms with Gasteiger partial charge in [0.1, 0.15) is 36.6 Å². The van der Waals surface area contributed by atoms with E-state index in [2.05, 4.69) is 34.6 Å². The number of nitrogens with zero attached hydrogens (tertiary/aromatic N) is 4. The Morgan fingerprint density at radius 1 is 1.26 bits per heavy atom. The van der Waals surface area contributed by atoms with E-state index in [9.17, 15) is 9.90 Å². The van der Waals surface area contributed by atoms with E-state index < -0.39 is 20.0 Å². The van der Waals surface area contributed by atoms with Gasteiger partial charge in [0.2, 0.25) is 0 Å². The van der Waals surface area contributed by atoms with Crippen molar-refractivity contribution in [2.45, 2.75) is 44.4 Å². The molecule has 10 heteroatoms. The summed E-state index contributed by atoms with van der Waals surface area (Å²) >= 11 is 0. The van der Waals surface area contributed by atoms with Gasteiger partial charge in [0, 0.05) is 26.2 Å². The van der Waals surface area contributed by atoms with Crippen molar-refractivity contribution in [3.8, 4) is 17.4 Å². The summed E-state index contributed by atoms with van der Waals surface area (Å²) in [6.07, 6.45) is 2.83. The Morgan fingerprint density at radius 3 is 2.87 bits per heavy atom. The maximum absolute atomic E-state index is 11.3. The lowest BCUT2D eigenvalue weighted by Crippen LogP contribution is -2.22. The molecule has 0 amide bonds. The largest absolute Gasteiger partial charge is 0.489 e. The summed E-state index contributed by atoms with van der Waals surface area (Å²) in [5.74, 6) is 0.181. The average Bonchev–Trinajstić information content (AvgIpc) is 3.08. The molecule has 0 radical (unpaired) electrons. The molecule has 162 valence electrons. The van der Waals surface area contributed by atoms with Crippen molar-refractivity contribution in [3.63, 3.8) is 0 Å². The van der Waals surface area contributed by atoms with E-state index >= 15 is 0 Å². The molecule has 0 saturated heterocycles. The minimum Gasteiger partial charge on any atom is -0.489 e. The number of benzene rings is 1. The van der Waals surface area contributed by atoms with E-state index in [0.717, 1.165) is 11.6 Å². The van der Waals surface area contributed by atoms with Crippen LogP contribution in [0, 0.1) is 5.92 Å². The third-order valence-electron chi connectivity index (χ3n) is 5.65. The second-order valence-electron chi connectivity index (χ2n) is 9.19. The van der Waals surface area contributed by atoms with Crippen molar-refractivity contribution in [1.82, 2.24) is 19.5 Å². The second-order valence-corrected chi connectivity index (χ2v) is 14.8. The van der Waals surface area contributed by atoms with E-state index in [1.165, 1.54) is 6.33 Å². The van der Waals surface area contributed by atoms with Gasteiger partial charge in [-0.05, 0) is 24.2 Å². The zero-order valence-corrected chi connectivity index (χ0v) is 18.6. The van der Waals surface area contributed by atoms with Crippen molar-refractivity contribution >= 4 is 25.2 Å². The summed E-state index contributed by atoms with van der Waals surface area (Å²) in [7, 11) is -1.14. The highest BCUT2D eigenvalue weighted by molar-refractivity contribution is 6.76. The number of imidazole rings is 1. The zero-order chi connectivity index (χ0) is 21.8. The molecule has 2 aromatic heterocycles. The highest BCUT2D eigenvalue weighted by atomic mass is 28.3. The van der Waals surface area contributed by atoms with Crippen LogP contribution in [0.15, 0.2) is 30.9 Å². The lowest BCUT2D eigenvalue weighted by atomic mass is 10.1. The summed E-state index contributed by atoms with van der Waals surface area (Å²) in [5, 5.41) is 9.28. The van der Waals surface area contributed by atoms with Crippen molar-refractivity contribution in [1.29, 1.82) is 0 Å². The lowest BCUT2D eigenvalue weighted by molar-refractivity contribution is -0.139. The zero-order valence-electron chi connectivity index (χ0n) is 17.6. The maximum atomic E-state index is 11.3. The van der Waals surface area contributed by atoms with Gasteiger partial charge in [0.05, 0.1) is 6.33 Å². The summed E-state index contributed by atoms with van der Waals surface area (Å²) in [6, 6.07) is 6.51. The highest BCUT2D eigenvalue weighted by Gasteiger charge is 2.63. The van der Waals surface area contributed by atoms with E-state index in [1.54, 1.807) is 18.5 Å². The molecule has 1 aliphatic carbocycles. The number of ether oxygens (including phenoxy) is 3. The monoisotopic (exact) mass is 440 g/mol. The molecule has 31 heavy (non-hydrogen) atoms. The van der Waals surface area contributed by atoms with Crippen molar-refractivity contribution in [2.75, 3.05) is 6.61 Å². The summed E-state index contributed by atoms with van der Waals surface area (Å²) in [4.78, 5) is 24.3. The normalized spacial score (nSPS) is 21.5. The first kappa shape index (κ1) is 19.9. The van der Waals surface area contributed by atoms with Gasteiger partial charge in [-0.25, -0.2) is 9.97 Å². The molecule has 9 nitrogen and oxygen atoms in total. The molecular weight excluding hydrogens is 416 g/mol. The first-order valence-corrected chi connectivity index (χ1v) is 14.0. The molecule has 0 bridgehead atoms. The van der Waals surface area contributed by atoms with Gasteiger partial charge in [0.25, 0.3) is 5.88 Å². The Hall–Kier alpha value is -2.98.